The third kappa shape index (κ3) is 5.01. The smallest absolute Gasteiger partial charge is 0.280 e. The topological polar surface area (TPSA) is 50.1 Å². The van der Waals surface area contributed by atoms with Gasteiger partial charge in [-0.3, -0.25) is 14.9 Å². The number of H-pyrrole nitrogens is 1. The molecule has 31 heavy (non-hydrogen) atoms. The number of aromatic amines is 1. The first-order valence-corrected chi connectivity index (χ1v) is 11.4. The Kier molecular flexibility index (Phi) is 6.75. The Morgan fingerprint density at radius 1 is 0.968 bits per heavy atom. The minimum atomic E-state index is -0.100. The number of hydrogen-bond donors (Lipinski definition) is 1. The van der Waals surface area contributed by atoms with Crippen molar-refractivity contribution in [3.63, 3.8) is 0 Å². The summed E-state index contributed by atoms with van der Waals surface area (Å²) >= 11 is 7.66. The lowest BCUT2D eigenvalue weighted by atomic mass is 10.1. The van der Waals surface area contributed by atoms with Gasteiger partial charge in [-0.15, -0.1) is 11.8 Å². The summed E-state index contributed by atoms with van der Waals surface area (Å²) < 4.78 is 1.58. The summed E-state index contributed by atoms with van der Waals surface area (Å²) in [5.74, 6) is 0.816. The lowest BCUT2D eigenvalue weighted by molar-refractivity contribution is 0.852. The summed E-state index contributed by atoms with van der Waals surface area (Å²) in [5.41, 5.74) is 3.76. The molecule has 0 fully saturated rings. The van der Waals surface area contributed by atoms with Crippen LogP contribution in [-0.4, -0.2) is 27.8 Å². The predicted molar refractivity (Wildman–Crippen MR) is 131 cm³/mol. The molecule has 1 aromatic heterocycles. The van der Waals surface area contributed by atoms with Crippen LogP contribution < -0.4 is 5.56 Å². The highest BCUT2D eigenvalue weighted by Crippen LogP contribution is 2.22. The SMILES string of the molecule is CC(=NCCSc1ccc(Cl)cc1)c1c(-c2ccccc2)[nH]n(-c2ccccc2)c1=O. The van der Waals surface area contributed by atoms with Gasteiger partial charge in [-0.2, -0.15) is 0 Å². The van der Waals surface area contributed by atoms with E-state index in [1.165, 1.54) is 0 Å². The maximum Gasteiger partial charge on any atom is 0.280 e. The van der Waals surface area contributed by atoms with Crippen LogP contribution in [0.4, 0.5) is 0 Å². The number of hydrogen-bond acceptors (Lipinski definition) is 3. The number of nitrogens with one attached hydrogen (secondary N) is 1. The van der Waals surface area contributed by atoms with E-state index in [-0.39, 0.29) is 5.56 Å². The molecule has 0 aliphatic carbocycles. The number of benzene rings is 3. The Balaban J connectivity index is 1.62. The minimum absolute atomic E-state index is 0.100. The quantitative estimate of drug-likeness (QED) is 0.212. The zero-order valence-electron chi connectivity index (χ0n) is 17.1. The number of thioether (sulfide) groups is 1. The molecular formula is C25H22ClN3OS. The van der Waals surface area contributed by atoms with Crippen LogP contribution in [0.3, 0.4) is 0 Å². The number of para-hydroxylation sites is 1. The Morgan fingerprint density at radius 2 is 1.61 bits per heavy atom. The van der Waals surface area contributed by atoms with E-state index in [1.54, 1.807) is 16.4 Å². The lowest BCUT2D eigenvalue weighted by Gasteiger charge is -2.03. The fourth-order valence-corrected chi connectivity index (χ4v) is 4.20. The molecule has 4 aromatic rings. The first-order valence-electron chi connectivity index (χ1n) is 9.99. The van der Waals surface area contributed by atoms with E-state index in [4.69, 9.17) is 16.6 Å². The first kappa shape index (κ1) is 21.2. The number of aliphatic imine (C=N–C) groups is 1. The Morgan fingerprint density at radius 3 is 2.29 bits per heavy atom. The van der Waals surface area contributed by atoms with Gasteiger partial charge in [-0.25, -0.2) is 4.68 Å². The molecule has 4 nitrogen and oxygen atoms in total. The van der Waals surface area contributed by atoms with Gasteiger partial charge in [0.2, 0.25) is 0 Å². The second-order valence-electron chi connectivity index (χ2n) is 6.97. The van der Waals surface area contributed by atoms with Crippen LogP contribution in [0.1, 0.15) is 12.5 Å². The molecule has 4 rings (SSSR count). The minimum Gasteiger partial charge on any atom is -0.290 e. The van der Waals surface area contributed by atoms with Gasteiger partial charge in [0.15, 0.2) is 0 Å². The molecule has 0 saturated heterocycles. The molecular weight excluding hydrogens is 426 g/mol. The number of halogens is 1. The van der Waals surface area contributed by atoms with Crippen LogP contribution >= 0.6 is 23.4 Å². The van der Waals surface area contributed by atoms with E-state index in [0.717, 1.165) is 38.3 Å². The largest absolute Gasteiger partial charge is 0.290 e. The van der Waals surface area contributed by atoms with Gasteiger partial charge < -0.3 is 0 Å². The second kappa shape index (κ2) is 9.86. The summed E-state index contributed by atoms with van der Waals surface area (Å²) in [4.78, 5) is 19.2. The third-order valence-electron chi connectivity index (χ3n) is 4.85. The van der Waals surface area contributed by atoms with Crippen LogP contribution in [0.25, 0.3) is 16.9 Å². The highest BCUT2D eigenvalue weighted by molar-refractivity contribution is 7.99. The fourth-order valence-electron chi connectivity index (χ4n) is 3.33. The van der Waals surface area contributed by atoms with Crippen molar-refractivity contribution in [2.24, 2.45) is 4.99 Å². The van der Waals surface area contributed by atoms with Gasteiger partial charge >= 0.3 is 0 Å². The van der Waals surface area contributed by atoms with Crippen molar-refractivity contribution in [2.75, 3.05) is 12.3 Å². The molecule has 3 aromatic carbocycles. The number of rotatable bonds is 7. The van der Waals surface area contributed by atoms with Crippen LogP contribution in [0.5, 0.6) is 0 Å². The molecule has 0 atom stereocenters. The monoisotopic (exact) mass is 447 g/mol. The maximum absolute atomic E-state index is 13.3. The van der Waals surface area contributed by atoms with E-state index >= 15 is 0 Å². The maximum atomic E-state index is 13.3. The van der Waals surface area contributed by atoms with E-state index in [1.807, 2.05) is 91.9 Å². The van der Waals surface area contributed by atoms with Crippen molar-refractivity contribution < 1.29 is 0 Å². The molecule has 1 N–H and O–H groups in total. The molecule has 0 bridgehead atoms. The van der Waals surface area contributed by atoms with Crippen molar-refractivity contribution in [3.8, 4) is 16.9 Å². The van der Waals surface area contributed by atoms with E-state index in [0.29, 0.717) is 12.1 Å². The zero-order chi connectivity index (χ0) is 21.6. The van der Waals surface area contributed by atoms with Crippen molar-refractivity contribution in [1.29, 1.82) is 0 Å². The molecule has 156 valence electrons. The molecule has 0 saturated carbocycles. The van der Waals surface area contributed by atoms with Crippen LogP contribution in [-0.2, 0) is 0 Å². The molecule has 0 aliphatic rings. The average molecular weight is 448 g/mol. The summed E-state index contributed by atoms with van der Waals surface area (Å²) in [7, 11) is 0. The highest BCUT2D eigenvalue weighted by atomic mass is 35.5. The van der Waals surface area contributed by atoms with Gasteiger partial charge in [0.1, 0.15) is 0 Å². The van der Waals surface area contributed by atoms with Crippen LogP contribution in [0.2, 0.25) is 5.02 Å². The highest BCUT2D eigenvalue weighted by Gasteiger charge is 2.18. The first-order chi connectivity index (χ1) is 15.1. The van der Waals surface area contributed by atoms with Crippen molar-refractivity contribution in [2.45, 2.75) is 11.8 Å². The summed E-state index contributed by atoms with van der Waals surface area (Å²) in [6.07, 6.45) is 0. The lowest BCUT2D eigenvalue weighted by Crippen LogP contribution is -2.19. The summed E-state index contributed by atoms with van der Waals surface area (Å²) in [5, 5.41) is 4.02. The van der Waals surface area contributed by atoms with Gasteiger partial charge in [0.25, 0.3) is 5.56 Å². The van der Waals surface area contributed by atoms with E-state index in [2.05, 4.69) is 5.10 Å². The third-order valence-corrected chi connectivity index (χ3v) is 6.10. The Hall–Kier alpha value is -3.02. The summed E-state index contributed by atoms with van der Waals surface area (Å²) in [6, 6.07) is 27.2. The van der Waals surface area contributed by atoms with Gasteiger partial charge in [0.05, 0.1) is 16.9 Å². The average Bonchev–Trinajstić information content (AvgIpc) is 3.16. The molecule has 1 heterocycles. The Bertz CT molecular complexity index is 1230. The number of aromatic nitrogens is 2. The van der Waals surface area contributed by atoms with Crippen LogP contribution in [0.15, 0.2) is 99.6 Å². The number of nitrogens with zero attached hydrogens (tertiary/aromatic N) is 2. The molecule has 0 amide bonds. The molecule has 0 radical (unpaired) electrons. The standard InChI is InChI=1S/C25H22ClN3OS/c1-18(27-16-17-31-22-14-12-20(26)13-15-22)23-24(19-8-4-2-5-9-19)28-29(25(23)30)21-10-6-3-7-11-21/h2-15,28H,16-17H2,1H3. The van der Waals surface area contributed by atoms with Crippen molar-refractivity contribution in [3.05, 3.63) is 106 Å². The van der Waals surface area contributed by atoms with E-state index in [9.17, 15) is 4.79 Å². The molecule has 0 aliphatic heterocycles. The normalized spacial score (nSPS) is 11.6. The molecule has 0 unspecified atom stereocenters. The van der Waals surface area contributed by atoms with Crippen LogP contribution in [0, 0.1) is 0 Å². The van der Waals surface area contributed by atoms with E-state index < -0.39 is 0 Å². The fraction of sp³-hybridized carbons (Fsp3) is 0.120. The second-order valence-corrected chi connectivity index (χ2v) is 8.58. The van der Waals surface area contributed by atoms with Gasteiger partial charge in [-0.05, 0) is 43.3 Å². The predicted octanol–water partition coefficient (Wildman–Crippen LogP) is 6.09. The molecule has 0 spiro atoms. The van der Waals surface area contributed by atoms with Gasteiger partial charge in [0, 0.05) is 33.5 Å². The van der Waals surface area contributed by atoms with Crippen molar-refractivity contribution >= 4 is 29.1 Å². The zero-order valence-corrected chi connectivity index (χ0v) is 18.7. The molecule has 6 heteroatoms. The Labute approximate surface area is 190 Å². The van der Waals surface area contributed by atoms with Gasteiger partial charge in [-0.1, -0.05) is 60.1 Å². The summed E-state index contributed by atoms with van der Waals surface area (Å²) in [6.45, 7) is 2.52. The van der Waals surface area contributed by atoms with Crippen molar-refractivity contribution in [1.82, 2.24) is 9.78 Å².